The van der Waals surface area contributed by atoms with Crippen LogP contribution in [0.1, 0.15) is 11.1 Å². The molecule has 1 fully saturated rings. The Morgan fingerprint density at radius 3 is 2.34 bits per heavy atom. The van der Waals surface area contributed by atoms with Crippen molar-refractivity contribution in [3.05, 3.63) is 101 Å². The van der Waals surface area contributed by atoms with E-state index >= 15 is 0 Å². The van der Waals surface area contributed by atoms with Crippen LogP contribution in [-0.4, -0.2) is 11.8 Å². The van der Waals surface area contributed by atoms with Crippen LogP contribution in [0.3, 0.4) is 0 Å². The zero-order valence-corrected chi connectivity index (χ0v) is 16.1. The second-order valence-electron chi connectivity index (χ2n) is 6.43. The van der Waals surface area contributed by atoms with Gasteiger partial charge in [-0.2, -0.15) is 0 Å². The minimum atomic E-state index is -0.470. The second kappa shape index (κ2) is 8.20. The minimum Gasteiger partial charge on any atom is -0.488 e. The predicted molar refractivity (Wildman–Crippen MR) is 112 cm³/mol. The Kier molecular flexibility index (Phi) is 5.31. The number of ether oxygens (including phenoxy) is 1. The van der Waals surface area contributed by atoms with Crippen molar-refractivity contribution in [1.29, 1.82) is 0 Å². The summed E-state index contributed by atoms with van der Waals surface area (Å²) in [6, 6.07) is 23.7. The van der Waals surface area contributed by atoms with Crippen LogP contribution in [0.15, 0.2) is 84.4 Å². The highest BCUT2D eigenvalue weighted by Gasteiger charge is 2.34. The number of anilines is 1. The number of benzene rings is 3. The van der Waals surface area contributed by atoms with Crippen molar-refractivity contribution < 1.29 is 14.3 Å². The topological polar surface area (TPSA) is 58.6 Å². The van der Waals surface area contributed by atoms with Gasteiger partial charge in [-0.15, -0.1) is 0 Å². The summed E-state index contributed by atoms with van der Waals surface area (Å²) >= 11 is 5.89. The lowest BCUT2D eigenvalue weighted by Gasteiger charge is -2.14. The highest BCUT2D eigenvalue weighted by atomic mass is 35.5. The third-order valence-electron chi connectivity index (χ3n) is 4.43. The van der Waals surface area contributed by atoms with Crippen LogP contribution < -0.4 is 15.2 Å². The van der Waals surface area contributed by atoms with Crippen LogP contribution in [0.2, 0.25) is 5.02 Å². The third-order valence-corrected chi connectivity index (χ3v) is 4.68. The molecule has 1 aliphatic rings. The van der Waals surface area contributed by atoms with Gasteiger partial charge in [0.15, 0.2) is 0 Å². The highest BCUT2D eigenvalue weighted by Crippen LogP contribution is 2.26. The van der Waals surface area contributed by atoms with Crippen molar-refractivity contribution in [3.63, 3.8) is 0 Å². The van der Waals surface area contributed by atoms with E-state index in [-0.39, 0.29) is 5.57 Å². The first-order valence-electron chi connectivity index (χ1n) is 9.00. The Morgan fingerprint density at radius 1 is 0.897 bits per heavy atom. The fourth-order valence-electron chi connectivity index (χ4n) is 2.95. The fraction of sp³-hybridized carbons (Fsp3) is 0.0435. The minimum absolute atomic E-state index is 0.0377. The summed E-state index contributed by atoms with van der Waals surface area (Å²) in [6.07, 6.45) is 1.55. The number of nitrogens with one attached hydrogen (secondary N) is 1. The Morgan fingerprint density at radius 2 is 1.59 bits per heavy atom. The highest BCUT2D eigenvalue weighted by molar-refractivity contribution is 6.32. The van der Waals surface area contributed by atoms with Crippen molar-refractivity contribution in [1.82, 2.24) is 5.43 Å². The zero-order valence-electron chi connectivity index (χ0n) is 15.3. The lowest BCUT2D eigenvalue weighted by Crippen LogP contribution is -2.35. The molecule has 3 aromatic carbocycles. The molecule has 1 saturated heterocycles. The van der Waals surface area contributed by atoms with E-state index in [2.05, 4.69) is 5.43 Å². The van der Waals surface area contributed by atoms with Crippen LogP contribution in [0, 0.1) is 0 Å². The normalized spacial score (nSPS) is 14.9. The molecule has 1 heterocycles. The Bertz CT molecular complexity index is 1080. The molecule has 0 bridgehead atoms. The van der Waals surface area contributed by atoms with E-state index < -0.39 is 11.8 Å². The van der Waals surface area contributed by atoms with Gasteiger partial charge >= 0.3 is 0 Å². The van der Waals surface area contributed by atoms with Gasteiger partial charge in [0, 0.05) is 10.6 Å². The summed E-state index contributed by atoms with van der Waals surface area (Å²) in [4.78, 5) is 25.2. The van der Waals surface area contributed by atoms with Gasteiger partial charge < -0.3 is 4.74 Å². The van der Waals surface area contributed by atoms with E-state index in [1.165, 1.54) is 5.01 Å². The van der Waals surface area contributed by atoms with Crippen molar-refractivity contribution in [2.45, 2.75) is 6.61 Å². The van der Waals surface area contributed by atoms with E-state index in [1.54, 1.807) is 36.4 Å². The summed E-state index contributed by atoms with van der Waals surface area (Å²) < 4.78 is 5.91. The van der Waals surface area contributed by atoms with Gasteiger partial charge in [0.1, 0.15) is 17.9 Å². The van der Waals surface area contributed by atoms with Crippen LogP contribution in [-0.2, 0) is 16.2 Å². The fourth-order valence-corrected chi connectivity index (χ4v) is 3.08. The first-order valence-corrected chi connectivity index (χ1v) is 9.38. The van der Waals surface area contributed by atoms with Crippen LogP contribution in [0.5, 0.6) is 5.75 Å². The average Bonchev–Trinajstić information content (AvgIpc) is 3.03. The van der Waals surface area contributed by atoms with Crippen LogP contribution >= 0.6 is 11.6 Å². The summed E-state index contributed by atoms with van der Waals surface area (Å²) in [7, 11) is 0. The van der Waals surface area contributed by atoms with E-state index in [4.69, 9.17) is 16.3 Å². The zero-order chi connectivity index (χ0) is 20.2. The number of nitrogens with zero attached hydrogens (tertiary/aromatic N) is 1. The summed E-state index contributed by atoms with van der Waals surface area (Å²) in [5.41, 5.74) is 4.83. The smallest absolute Gasteiger partial charge is 0.282 e. The summed E-state index contributed by atoms with van der Waals surface area (Å²) in [5.74, 6) is -0.313. The van der Waals surface area contributed by atoms with Crippen molar-refractivity contribution in [2.75, 3.05) is 5.01 Å². The molecular formula is C23H17ClN2O3. The van der Waals surface area contributed by atoms with E-state index in [9.17, 15) is 9.59 Å². The monoisotopic (exact) mass is 404 g/mol. The number of hydrogen-bond acceptors (Lipinski definition) is 3. The lowest BCUT2D eigenvalue weighted by atomic mass is 10.1. The molecule has 0 aromatic heterocycles. The summed E-state index contributed by atoms with van der Waals surface area (Å²) in [6.45, 7) is 0.387. The largest absolute Gasteiger partial charge is 0.488 e. The average molecular weight is 405 g/mol. The molecule has 5 nitrogen and oxygen atoms in total. The lowest BCUT2D eigenvalue weighted by molar-refractivity contribution is -0.117. The number of halogens is 1. The Labute approximate surface area is 173 Å². The maximum absolute atomic E-state index is 12.8. The van der Waals surface area contributed by atoms with Crippen molar-refractivity contribution >= 4 is 35.2 Å². The molecule has 4 rings (SSSR count). The molecule has 1 aliphatic heterocycles. The van der Waals surface area contributed by atoms with Gasteiger partial charge in [0.2, 0.25) is 0 Å². The van der Waals surface area contributed by atoms with Crippen LogP contribution in [0.4, 0.5) is 5.69 Å². The summed E-state index contributed by atoms with van der Waals surface area (Å²) in [5, 5.41) is 1.75. The van der Waals surface area contributed by atoms with Gasteiger partial charge in [-0.3, -0.25) is 15.0 Å². The number of para-hydroxylation sites is 1. The molecule has 6 heteroatoms. The quantitative estimate of drug-likeness (QED) is 0.507. The molecule has 144 valence electrons. The molecule has 0 radical (unpaired) electrons. The molecule has 29 heavy (non-hydrogen) atoms. The number of amides is 2. The number of rotatable bonds is 5. The Balaban J connectivity index is 1.58. The molecule has 0 spiro atoms. The molecule has 2 amide bonds. The Hall–Kier alpha value is -3.57. The molecule has 0 saturated carbocycles. The number of carbonyl (C=O) groups excluding carboxylic acids is 2. The maximum Gasteiger partial charge on any atom is 0.282 e. The predicted octanol–water partition coefficient (Wildman–Crippen LogP) is 4.38. The van der Waals surface area contributed by atoms with Crippen molar-refractivity contribution in [3.8, 4) is 5.75 Å². The molecule has 1 N–H and O–H groups in total. The van der Waals surface area contributed by atoms with Gasteiger partial charge in [-0.05, 0) is 42.0 Å². The van der Waals surface area contributed by atoms with E-state index in [0.717, 1.165) is 5.56 Å². The van der Waals surface area contributed by atoms with Crippen molar-refractivity contribution in [2.24, 2.45) is 0 Å². The number of carbonyl (C=O) groups is 2. The first kappa shape index (κ1) is 18.8. The van der Waals surface area contributed by atoms with E-state index in [1.807, 2.05) is 48.5 Å². The molecule has 0 atom stereocenters. The molecule has 3 aromatic rings. The molecular weight excluding hydrogens is 388 g/mol. The van der Waals surface area contributed by atoms with Gasteiger partial charge in [0.25, 0.3) is 11.8 Å². The third kappa shape index (κ3) is 4.15. The van der Waals surface area contributed by atoms with E-state index in [0.29, 0.717) is 28.6 Å². The maximum atomic E-state index is 12.8. The number of hydrazine groups is 1. The van der Waals surface area contributed by atoms with Gasteiger partial charge in [0.05, 0.1) is 5.69 Å². The van der Waals surface area contributed by atoms with Gasteiger partial charge in [-0.1, -0.05) is 60.1 Å². The number of hydrogen-bond donors (Lipinski definition) is 1. The second-order valence-corrected chi connectivity index (χ2v) is 6.86. The van der Waals surface area contributed by atoms with Gasteiger partial charge in [-0.25, -0.2) is 5.01 Å². The first-order chi connectivity index (χ1) is 14.1. The SMILES string of the molecule is O=C1NN(c2ccc(Cl)cc2)C(=O)/C1=C\c1ccccc1OCc1ccccc1. The molecule has 0 unspecified atom stereocenters. The molecule has 0 aliphatic carbocycles. The van der Waals surface area contributed by atoms with Crippen LogP contribution in [0.25, 0.3) is 6.08 Å². The standard InChI is InChI=1S/C23H17ClN2O3/c24-18-10-12-19(13-11-18)26-23(28)20(22(27)25-26)14-17-8-4-5-9-21(17)29-15-16-6-2-1-3-7-16/h1-14H,15H2,(H,25,27)/b20-14-.